The Bertz CT molecular complexity index is 1630. The third kappa shape index (κ3) is 3.82. The highest BCUT2D eigenvalue weighted by Crippen LogP contribution is 2.38. The zero-order chi connectivity index (χ0) is 25.0. The number of benzene rings is 5. The van der Waals surface area contributed by atoms with Crippen LogP contribution in [0.4, 0.5) is 0 Å². The molecule has 1 aromatic heterocycles. The average Bonchev–Trinajstić information content (AvgIpc) is 3.16. The number of hydrogen-bond acceptors (Lipinski definition) is 0. The fourth-order valence-corrected chi connectivity index (χ4v) is 5.74. The molecule has 0 aliphatic heterocycles. The lowest BCUT2D eigenvalue weighted by Gasteiger charge is -2.12. The Morgan fingerprint density at radius 3 is 1.31 bits per heavy atom. The largest absolute Gasteiger partial charge is 0.309 e. The lowest BCUT2D eigenvalue weighted by molar-refractivity contribution is 1.15. The monoisotopic (exact) mass is 465 g/mol. The van der Waals surface area contributed by atoms with Gasteiger partial charge in [0.15, 0.2) is 0 Å². The van der Waals surface area contributed by atoms with Gasteiger partial charge in [0.2, 0.25) is 0 Å². The topological polar surface area (TPSA) is 4.93 Å². The van der Waals surface area contributed by atoms with E-state index in [4.69, 9.17) is 0 Å². The van der Waals surface area contributed by atoms with Crippen LogP contribution in [0.3, 0.4) is 0 Å². The van der Waals surface area contributed by atoms with Crippen molar-refractivity contribution in [1.29, 1.82) is 0 Å². The molecule has 0 saturated heterocycles. The number of rotatable bonds is 3. The first kappa shape index (κ1) is 22.4. The van der Waals surface area contributed by atoms with Crippen LogP contribution in [0.25, 0.3) is 49.7 Å². The van der Waals surface area contributed by atoms with Crippen molar-refractivity contribution < 1.29 is 0 Å². The molecule has 36 heavy (non-hydrogen) atoms. The van der Waals surface area contributed by atoms with Crippen molar-refractivity contribution in [3.05, 3.63) is 125 Å². The van der Waals surface area contributed by atoms with Gasteiger partial charge in [-0.05, 0) is 92.8 Å². The summed E-state index contributed by atoms with van der Waals surface area (Å²) in [7, 11) is 0. The summed E-state index contributed by atoms with van der Waals surface area (Å²) in [4.78, 5) is 0. The van der Waals surface area contributed by atoms with Crippen molar-refractivity contribution >= 4 is 21.8 Å². The first-order valence-electron chi connectivity index (χ1n) is 12.7. The van der Waals surface area contributed by atoms with Crippen molar-refractivity contribution in [2.45, 2.75) is 34.6 Å². The highest BCUT2D eigenvalue weighted by molar-refractivity contribution is 6.11. The second kappa shape index (κ2) is 8.53. The fourth-order valence-electron chi connectivity index (χ4n) is 5.74. The molecule has 0 unspecified atom stereocenters. The molecule has 0 radical (unpaired) electrons. The molecule has 0 aliphatic carbocycles. The molecule has 176 valence electrons. The van der Waals surface area contributed by atoms with Gasteiger partial charge in [-0.3, -0.25) is 0 Å². The highest BCUT2D eigenvalue weighted by Gasteiger charge is 2.16. The third-order valence-electron chi connectivity index (χ3n) is 7.23. The standard InChI is InChI=1S/C35H31N/c1-22-14-23(2)17-29(16-22)27-10-12-34-31(20-27)32-21-28(30-18-24(3)15-25(4)19-30)11-13-35(32)36(34)33-9-7-6-8-26(33)5/h6-21H,1-5H3. The van der Waals surface area contributed by atoms with Gasteiger partial charge in [-0.1, -0.05) is 89.0 Å². The van der Waals surface area contributed by atoms with E-state index in [1.54, 1.807) is 0 Å². The van der Waals surface area contributed by atoms with Crippen molar-refractivity contribution in [2.75, 3.05) is 0 Å². The van der Waals surface area contributed by atoms with Gasteiger partial charge in [0.25, 0.3) is 0 Å². The van der Waals surface area contributed by atoms with Crippen molar-refractivity contribution in [3.8, 4) is 27.9 Å². The van der Waals surface area contributed by atoms with E-state index in [9.17, 15) is 0 Å². The first-order valence-corrected chi connectivity index (χ1v) is 12.7. The molecule has 0 spiro atoms. The summed E-state index contributed by atoms with van der Waals surface area (Å²) < 4.78 is 2.43. The summed E-state index contributed by atoms with van der Waals surface area (Å²) in [6.45, 7) is 10.9. The molecule has 0 aliphatic rings. The van der Waals surface area contributed by atoms with E-state index < -0.39 is 0 Å². The Balaban J connectivity index is 1.67. The highest BCUT2D eigenvalue weighted by atomic mass is 15.0. The van der Waals surface area contributed by atoms with Crippen LogP contribution in [-0.4, -0.2) is 4.57 Å². The summed E-state index contributed by atoms with van der Waals surface area (Å²) in [6.07, 6.45) is 0. The molecule has 1 heteroatoms. The van der Waals surface area contributed by atoms with Gasteiger partial charge in [0, 0.05) is 16.5 Å². The predicted octanol–water partition coefficient (Wildman–Crippen LogP) is 9.66. The molecule has 6 aromatic rings. The molecule has 6 rings (SSSR count). The number of aromatic nitrogens is 1. The van der Waals surface area contributed by atoms with Crippen LogP contribution in [0, 0.1) is 34.6 Å². The molecule has 1 nitrogen and oxygen atoms in total. The Morgan fingerprint density at radius 2 is 0.861 bits per heavy atom. The molecule has 0 bridgehead atoms. The number of para-hydroxylation sites is 1. The van der Waals surface area contributed by atoms with Gasteiger partial charge >= 0.3 is 0 Å². The predicted molar refractivity (Wildman–Crippen MR) is 155 cm³/mol. The molecule has 0 saturated carbocycles. The van der Waals surface area contributed by atoms with E-state index in [1.165, 1.54) is 77.6 Å². The van der Waals surface area contributed by atoms with Gasteiger partial charge < -0.3 is 4.57 Å². The van der Waals surface area contributed by atoms with Crippen LogP contribution in [0.2, 0.25) is 0 Å². The Kier molecular flexibility index (Phi) is 5.30. The Labute approximate surface area is 213 Å². The fraction of sp³-hybridized carbons (Fsp3) is 0.143. The van der Waals surface area contributed by atoms with E-state index in [0.717, 1.165) is 0 Å². The van der Waals surface area contributed by atoms with Gasteiger partial charge in [-0.15, -0.1) is 0 Å². The van der Waals surface area contributed by atoms with Crippen LogP contribution >= 0.6 is 0 Å². The zero-order valence-corrected chi connectivity index (χ0v) is 21.7. The number of aryl methyl sites for hydroxylation is 5. The molecule has 0 fully saturated rings. The normalized spacial score (nSPS) is 11.5. The van der Waals surface area contributed by atoms with Gasteiger partial charge in [0.1, 0.15) is 0 Å². The Morgan fingerprint density at radius 1 is 0.417 bits per heavy atom. The lowest BCUT2D eigenvalue weighted by atomic mass is 9.97. The van der Waals surface area contributed by atoms with E-state index >= 15 is 0 Å². The number of fused-ring (bicyclic) bond motifs is 3. The van der Waals surface area contributed by atoms with Crippen molar-refractivity contribution in [3.63, 3.8) is 0 Å². The minimum Gasteiger partial charge on any atom is -0.309 e. The average molecular weight is 466 g/mol. The maximum Gasteiger partial charge on any atom is 0.0541 e. The van der Waals surface area contributed by atoms with E-state index in [1.807, 2.05) is 0 Å². The van der Waals surface area contributed by atoms with Crippen LogP contribution in [0.1, 0.15) is 27.8 Å². The summed E-state index contributed by atoms with van der Waals surface area (Å²) in [5.74, 6) is 0. The summed E-state index contributed by atoms with van der Waals surface area (Å²) in [6, 6.07) is 36.2. The zero-order valence-electron chi connectivity index (χ0n) is 21.7. The Hall–Kier alpha value is -4.10. The second-order valence-electron chi connectivity index (χ2n) is 10.3. The van der Waals surface area contributed by atoms with Crippen LogP contribution in [0.5, 0.6) is 0 Å². The smallest absolute Gasteiger partial charge is 0.0541 e. The molecule has 0 N–H and O–H groups in total. The maximum atomic E-state index is 2.43. The minimum atomic E-state index is 1.23. The molecule has 0 amide bonds. The maximum absolute atomic E-state index is 2.43. The quantitative estimate of drug-likeness (QED) is 0.245. The van der Waals surface area contributed by atoms with Gasteiger partial charge in [0.05, 0.1) is 11.0 Å². The summed E-state index contributed by atoms with van der Waals surface area (Å²) >= 11 is 0. The SMILES string of the molecule is Cc1cc(C)cc(-c2ccc3c(c2)c2cc(-c4cc(C)cc(C)c4)ccc2n3-c2ccccc2C)c1. The molecule has 5 aromatic carbocycles. The van der Waals surface area contributed by atoms with Crippen LogP contribution in [-0.2, 0) is 0 Å². The number of nitrogens with zero attached hydrogens (tertiary/aromatic N) is 1. The van der Waals surface area contributed by atoms with E-state index in [-0.39, 0.29) is 0 Å². The number of hydrogen-bond donors (Lipinski definition) is 0. The lowest BCUT2D eigenvalue weighted by Crippen LogP contribution is -1.96. The van der Waals surface area contributed by atoms with Crippen LogP contribution < -0.4 is 0 Å². The summed E-state index contributed by atoms with van der Waals surface area (Å²) in [5, 5.41) is 2.58. The molecular formula is C35H31N. The van der Waals surface area contributed by atoms with Crippen molar-refractivity contribution in [2.24, 2.45) is 0 Å². The van der Waals surface area contributed by atoms with E-state index in [0.29, 0.717) is 0 Å². The molecule has 1 heterocycles. The molecule has 0 atom stereocenters. The minimum absolute atomic E-state index is 1.23. The third-order valence-corrected chi connectivity index (χ3v) is 7.23. The van der Waals surface area contributed by atoms with Crippen molar-refractivity contribution in [1.82, 2.24) is 4.57 Å². The van der Waals surface area contributed by atoms with Gasteiger partial charge in [-0.25, -0.2) is 0 Å². The summed E-state index contributed by atoms with van der Waals surface area (Å²) in [5.41, 5.74) is 15.2. The van der Waals surface area contributed by atoms with Gasteiger partial charge in [-0.2, -0.15) is 0 Å². The van der Waals surface area contributed by atoms with Crippen LogP contribution in [0.15, 0.2) is 97.1 Å². The molecular weight excluding hydrogens is 434 g/mol. The first-order chi connectivity index (χ1) is 17.4. The van der Waals surface area contributed by atoms with E-state index in [2.05, 4.69) is 136 Å². The second-order valence-corrected chi connectivity index (χ2v) is 10.3.